The number of aliphatic hydroxyl groups is 2. The first-order valence-electron chi connectivity index (χ1n) is 11.6. The Morgan fingerprint density at radius 2 is 1.65 bits per heavy atom. The van der Waals surface area contributed by atoms with Crippen molar-refractivity contribution in [1.29, 1.82) is 0 Å². The summed E-state index contributed by atoms with van der Waals surface area (Å²) in [5, 5.41) is 21.1. The first-order chi connectivity index (χ1) is 16.1. The van der Waals surface area contributed by atoms with E-state index in [2.05, 4.69) is 33.9 Å². The Morgan fingerprint density at radius 3 is 2.21 bits per heavy atom. The fourth-order valence-electron chi connectivity index (χ4n) is 3.52. The molecule has 6 nitrogen and oxygen atoms in total. The van der Waals surface area contributed by atoms with Gasteiger partial charge in [-0.05, 0) is 48.0 Å². The molecule has 1 aliphatic heterocycles. The zero-order valence-corrected chi connectivity index (χ0v) is 22.7. The number of methoxy groups -OCH3 is 1. The molecule has 2 aromatic carbocycles. The lowest BCUT2D eigenvalue weighted by molar-refractivity contribution is -0.219. The van der Waals surface area contributed by atoms with E-state index in [-0.39, 0.29) is 11.6 Å². The van der Waals surface area contributed by atoms with Gasteiger partial charge in [-0.25, -0.2) is 0 Å². The highest BCUT2D eigenvalue weighted by Gasteiger charge is 2.51. The molecule has 1 fully saturated rings. The summed E-state index contributed by atoms with van der Waals surface area (Å²) in [5.74, 6) is 0.772. The Labute approximate surface area is 208 Å². The minimum atomic E-state index is -2.24. The molecule has 0 amide bonds. The molecule has 5 atom stereocenters. The molecule has 2 N–H and O–H groups in total. The number of hydrogen-bond acceptors (Lipinski definition) is 7. The molecule has 1 heterocycles. The Hall–Kier alpha value is -1.39. The molecule has 2 aromatic rings. The summed E-state index contributed by atoms with van der Waals surface area (Å²) >= 11 is 1.53. The smallest absolute Gasteiger partial charge is 0.192 e. The molecule has 1 aliphatic rings. The van der Waals surface area contributed by atoms with Gasteiger partial charge in [-0.15, -0.1) is 0 Å². The second-order valence-corrected chi connectivity index (χ2v) is 16.0. The van der Waals surface area contributed by atoms with Gasteiger partial charge in [0.2, 0.25) is 0 Å². The van der Waals surface area contributed by atoms with Crippen LogP contribution in [0.15, 0.2) is 59.5 Å². The Bertz CT molecular complexity index is 886. The van der Waals surface area contributed by atoms with Crippen molar-refractivity contribution in [2.24, 2.45) is 0 Å². The van der Waals surface area contributed by atoms with Gasteiger partial charge in [-0.3, -0.25) is 0 Å². The van der Waals surface area contributed by atoms with Crippen LogP contribution < -0.4 is 4.74 Å². The number of rotatable bonds is 9. The minimum absolute atomic E-state index is 0.0335. The third kappa shape index (κ3) is 6.63. The van der Waals surface area contributed by atoms with E-state index in [0.717, 1.165) is 16.2 Å². The molecule has 1 saturated heterocycles. The van der Waals surface area contributed by atoms with Crippen LogP contribution in [0.2, 0.25) is 18.1 Å². The van der Waals surface area contributed by atoms with E-state index in [4.69, 9.17) is 18.6 Å². The second-order valence-electron chi connectivity index (χ2n) is 10.1. The summed E-state index contributed by atoms with van der Waals surface area (Å²) in [6.45, 7) is 10.9. The predicted molar refractivity (Wildman–Crippen MR) is 138 cm³/mol. The van der Waals surface area contributed by atoms with Crippen LogP contribution in [-0.2, 0) is 20.5 Å². The van der Waals surface area contributed by atoms with E-state index in [0.29, 0.717) is 6.61 Å². The van der Waals surface area contributed by atoms with E-state index in [1.165, 1.54) is 11.8 Å². The molecule has 0 aliphatic carbocycles. The van der Waals surface area contributed by atoms with E-state index in [1.807, 2.05) is 54.6 Å². The highest BCUT2D eigenvalue weighted by molar-refractivity contribution is 7.99. The number of aliphatic hydroxyl groups excluding tert-OH is 2. The van der Waals surface area contributed by atoms with Crippen molar-refractivity contribution >= 4 is 20.1 Å². The van der Waals surface area contributed by atoms with Gasteiger partial charge in [0.15, 0.2) is 8.32 Å². The lowest BCUT2D eigenvalue weighted by atomic mass is 10.00. The van der Waals surface area contributed by atoms with Crippen molar-refractivity contribution in [1.82, 2.24) is 0 Å². The maximum Gasteiger partial charge on any atom is 0.192 e. The minimum Gasteiger partial charge on any atom is -0.497 e. The van der Waals surface area contributed by atoms with Gasteiger partial charge in [0.1, 0.15) is 35.6 Å². The molecule has 3 rings (SSSR count). The maximum atomic E-state index is 11.1. The average molecular weight is 507 g/mol. The van der Waals surface area contributed by atoms with Crippen molar-refractivity contribution in [2.45, 2.75) is 80.3 Å². The largest absolute Gasteiger partial charge is 0.497 e. The number of benzene rings is 2. The van der Waals surface area contributed by atoms with Crippen LogP contribution in [0.5, 0.6) is 5.75 Å². The molecule has 0 saturated carbocycles. The van der Waals surface area contributed by atoms with E-state index in [1.54, 1.807) is 7.11 Å². The molecule has 0 spiro atoms. The molecule has 0 radical (unpaired) electrons. The Morgan fingerprint density at radius 1 is 1.00 bits per heavy atom. The van der Waals surface area contributed by atoms with Crippen LogP contribution in [0.3, 0.4) is 0 Å². The topological polar surface area (TPSA) is 77.4 Å². The third-order valence-corrected chi connectivity index (χ3v) is 12.3. The molecule has 0 unspecified atom stereocenters. The molecule has 188 valence electrons. The standard InChI is InChI=1S/C26H38O6SSi/c1-26(2,3)34(5,6)32-24-23(30-17-18-12-14-19(29-4)15-13-18)22(28)21(16-27)31-25(24)33-20-10-8-7-9-11-20/h7-15,21-25,27-28H,16-17H2,1-6H3/t21-,22+,23+,24-,25+/m1/s1. The maximum absolute atomic E-state index is 11.1. The molecular weight excluding hydrogens is 468 g/mol. The lowest BCUT2D eigenvalue weighted by Gasteiger charge is -2.48. The van der Waals surface area contributed by atoms with Crippen molar-refractivity contribution in [2.75, 3.05) is 13.7 Å². The van der Waals surface area contributed by atoms with Crippen molar-refractivity contribution in [3.8, 4) is 5.75 Å². The van der Waals surface area contributed by atoms with Crippen LogP contribution in [0.25, 0.3) is 0 Å². The van der Waals surface area contributed by atoms with Gasteiger partial charge >= 0.3 is 0 Å². The summed E-state index contributed by atoms with van der Waals surface area (Å²) in [6, 6.07) is 17.6. The van der Waals surface area contributed by atoms with Gasteiger partial charge in [0.25, 0.3) is 0 Å². The average Bonchev–Trinajstić information content (AvgIpc) is 2.80. The van der Waals surface area contributed by atoms with E-state index in [9.17, 15) is 10.2 Å². The van der Waals surface area contributed by atoms with Crippen LogP contribution in [0, 0.1) is 0 Å². The first-order valence-corrected chi connectivity index (χ1v) is 15.4. The third-order valence-electron chi connectivity index (χ3n) is 6.63. The van der Waals surface area contributed by atoms with Gasteiger partial charge in [-0.1, -0.05) is 62.9 Å². The van der Waals surface area contributed by atoms with Crippen molar-refractivity contribution in [3.05, 3.63) is 60.2 Å². The van der Waals surface area contributed by atoms with Crippen LogP contribution in [0.1, 0.15) is 26.3 Å². The molecular formula is C26H38O6SSi. The number of hydrogen-bond donors (Lipinski definition) is 2. The zero-order chi connectivity index (χ0) is 24.9. The quantitative estimate of drug-likeness (QED) is 0.471. The number of ether oxygens (including phenoxy) is 3. The predicted octanol–water partition coefficient (Wildman–Crippen LogP) is 4.84. The van der Waals surface area contributed by atoms with Gasteiger partial charge in [-0.2, -0.15) is 0 Å². The summed E-state index contributed by atoms with van der Waals surface area (Å²) < 4.78 is 24.6. The van der Waals surface area contributed by atoms with Crippen LogP contribution >= 0.6 is 11.8 Å². The zero-order valence-electron chi connectivity index (χ0n) is 20.9. The van der Waals surface area contributed by atoms with Crippen LogP contribution in [-0.4, -0.2) is 62.1 Å². The Balaban J connectivity index is 1.90. The van der Waals surface area contributed by atoms with Crippen LogP contribution in [0.4, 0.5) is 0 Å². The van der Waals surface area contributed by atoms with Crippen molar-refractivity contribution in [3.63, 3.8) is 0 Å². The van der Waals surface area contributed by atoms with E-state index >= 15 is 0 Å². The van der Waals surface area contributed by atoms with Gasteiger partial charge < -0.3 is 28.8 Å². The highest BCUT2D eigenvalue weighted by Crippen LogP contribution is 2.42. The Kier molecular flexibility index (Phi) is 9.25. The molecule has 0 bridgehead atoms. The van der Waals surface area contributed by atoms with Gasteiger partial charge in [0.05, 0.1) is 20.3 Å². The highest BCUT2D eigenvalue weighted by atomic mass is 32.2. The fourth-order valence-corrected chi connectivity index (χ4v) is 6.03. The monoisotopic (exact) mass is 506 g/mol. The fraction of sp³-hybridized carbons (Fsp3) is 0.538. The lowest BCUT2D eigenvalue weighted by Crippen LogP contribution is -2.62. The summed E-state index contributed by atoms with van der Waals surface area (Å²) in [4.78, 5) is 1.03. The summed E-state index contributed by atoms with van der Waals surface area (Å²) in [7, 11) is -0.608. The second kappa shape index (κ2) is 11.6. The first kappa shape index (κ1) is 27.2. The SMILES string of the molecule is COc1ccc(CO[C@H]2[C@@H](O)[C@@H](CO)O[C@@H](Sc3ccccc3)[C@@H]2O[Si](C)(C)C(C)(C)C)cc1. The normalized spacial score (nSPS) is 25.8. The molecule has 8 heteroatoms. The van der Waals surface area contributed by atoms with Gasteiger partial charge in [0, 0.05) is 4.90 Å². The number of thioether (sulfide) groups is 1. The summed E-state index contributed by atoms with van der Waals surface area (Å²) in [5.41, 5.74) is 0.510. The molecule has 0 aromatic heterocycles. The van der Waals surface area contributed by atoms with E-state index < -0.39 is 38.2 Å². The van der Waals surface area contributed by atoms with Crippen molar-refractivity contribution < 1.29 is 28.8 Å². The molecule has 34 heavy (non-hydrogen) atoms. The summed E-state index contributed by atoms with van der Waals surface area (Å²) in [6.07, 6.45) is -2.96.